The number of hydrogen-bond donors (Lipinski definition) is 0. The SMILES string of the molecule is CCc1nc2ccccc2c(C(=O)OCC(=O)c2cc(F)ccc2OC)c1C. The highest BCUT2D eigenvalue weighted by Gasteiger charge is 2.21. The van der Waals surface area contributed by atoms with Crippen molar-refractivity contribution in [1.82, 2.24) is 4.98 Å². The van der Waals surface area contributed by atoms with Crippen molar-refractivity contribution in [2.45, 2.75) is 20.3 Å². The van der Waals surface area contributed by atoms with Crippen LogP contribution in [0.1, 0.15) is 38.9 Å². The molecule has 0 atom stereocenters. The Morgan fingerprint density at radius 3 is 2.61 bits per heavy atom. The molecule has 1 heterocycles. The summed E-state index contributed by atoms with van der Waals surface area (Å²) in [6, 6.07) is 10.9. The van der Waals surface area contributed by atoms with E-state index < -0.39 is 24.2 Å². The van der Waals surface area contributed by atoms with E-state index in [2.05, 4.69) is 4.98 Å². The van der Waals surface area contributed by atoms with Crippen molar-refractivity contribution in [2.24, 2.45) is 0 Å². The van der Waals surface area contributed by atoms with E-state index in [9.17, 15) is 14.0 Å². The van der Waals surface area contributed by atoms with E-state index in [1.165, 1.54) is 19.2 Å². The number of aromatic nitrogens is 1. The van der Waals surface area contributed by atoms with Gasteiger partial charge >= 0.3 is 5.97 Å². The third kappa shape index (κ3) is 3.71. The van der Waals surface area contributed by atoms with Gasteiger partial charge in [-0.3, -0.25) is 9.78 Å². The molecule has 0 aliphatic carbocycles. The first kappa shape index (κ1) is 19.5. The highest BCUT2D eigenvalue weighted by atomic mass is 19.1. The lowest BCUT2D eigenvalue weighted by Crippen LogP contribution is -2.17. The number of aryl methyl sites for hydroxylation is 1. The third-order valence-electron chi connectivity index (χ3n) is 4.57. The Morgan fingerprint density at radius 2 is 1.89 bits per heavy atom. The molecule has 28 heavy (non-hydrogen) atoms. The number of pyridine rings is 1. The quantitative estimate of drug-likeness (QED) is 0.471. The van der Waals surface area contributed by atoms with Crippen molar-refractivity contribution in [3.8, 4) is 5.75 Å². The molecular formula is C22H20FNO4. The number of carbonyl (C=O) groups is 2. The number of ketones is 1. The number of benzene rings is 2. The topological polar surface area (TPSA) is 65.5 Å². The van der Waals surface area contributed by atoms with E-state index in [1.807, 2.05) is 32.0 Å². The summed E-state index contributed by atoms with van der Waals surface area (Å²) in [4.78, 5) is 29.8. The monoisotopic (exact) mass is 381 g/mol. The second-order valence-corrected chi connectivity index (χ2v) is 6.27. The minimum absolute atomic E-state index is 0.0286. The second kappa shape index (κ2) is 8.17. The highest BCUT2D eigenvalue weighted by molar-refractivity contribution is 6.06. The zero-order valence-electron chi connectivity index (χ0n) is 15.9. The number of esters is 1. The maximum Gasteiger partial charge on any atom is 0.339 e. The molecule has 3 rings (SSSR count). The molecule has 0 bridgehead atoms. The molecule has 2 aromatic carbocycles. The Bertz CT molecular complexity index is 1060. The zero-order valence-corrected chi connectivity index (χ0v) is 15.9. The van der Waals surface area contributed by atoms with Gasteiger partial charge in [0.15, 0.2) is 6.61 Å². The fraction of sp³-hybridized carbons (Fsp3) is 0.227. The Hall–Kier alpha value is -3.28. The van der Waals surface area contributed by atoms with Crippen LogP contribution in [-0.4, -0.2) is 30.5 Å². The summed E-state index contributed by atoms with van der Waals surface area (Å²) >= 11 is 0. The molecule has 144 valence electrons. The van der Waals surface area contributed by atoms with Crippen LogP contribution >= 0.6 is 0 Å². The summed E-state index contributed by atoms with van der Waals surface area (Å²) in [6.07, 6.45) is 0.663. The maximum absolute atomic E-state index is 13.5. The first-order chi connectivity index (χ1) is 13.5. The van der Waals surface area contributed by atoms with Gasteiger partial charge in [0.05, 0.1) is 23.8 Å². The van der Waals surface area contributed by atoms with E-state index in [0.29, 0.717) is 22.9 Å². The number of hydrogen-bond acceptors (Lipinski definition) is 5. The molecule has 0 amide bonds. The number of para-hydroxylation sites is 1. The molecule has 0 aliphatic rings. The van der Waals surface area contributed by atoms with Gasteiger partial charge in [-0.25, -0.2) is 9.18 Å². The normalized spacial score (nSPS) is 10.7. The summed E-state index contributed by atoms with van der Waals surface area (Å²) in [5, 5.41) is 0.665. The first-order valence-corrected chi connectivity index (χ1v) is 8.88. The lowest BCUT2D eigenvalue weighted by Gasteiger charge is -2.13. The van der Waals surface area contributed by atoms with Crippen LogP contribution in [0.2, 0.25) is 0 Å². The molecule has 0 fully saturated rings. The molecule has 0 unspecified atom stereocenters. The summed E-state index contributed by atoms with van der Waals surface area (Å²) in [5.41, 5.74) is 2.63. The molecule has 0 N–H and O–H groups in total. The molecule has 0 aliphatic heterocycles. The minimum Gasteiger partial charge on any atom is -0.496 e. The van der Waals surface area contributed by atoms with Crippen molar-refractivity contribution >= 4 is 22.7 Å². The van der Waals surface area contributed by atoms with Crippen molar-refractivity contribution < 1.29 is 23.5 Å². The fourth-order valence-electron chi connectivity index (χ4n) is 3.14. The number of ether oxygens (including phenoxy) is 2. The predicted molar refractivity (Wildman–Crippen MR) is 103 cm³/mol. The molecule has 6 heteroatoms. The van der Waals surface area contributed by atoms with Gasteiger partial charge in [0.1, 0.15) is 11.6 Å². The number of methoxy groups -OCH3 is 1. The fourth-order valence-corrected chi connectivity index (χ4v) is 3.14. The summed E-state index contributed by atoms with van der Waals surface area (Å²) < 4.78 is 23.9. The lowest BCUT2D eigenvalue weighted by molar-refractivity contribution is 0.0475. The van der Waals surface area contributed by atoms with Gasteiger partial charge in [0.2, 0.25) is 5.78 Å². The van der Waals surface area contributed by atoms with Crippen molar-refractivity contribution in [2.75, 3.05) is 13.7 Å². The van der Waals surface area contributed by atoms with Crippen LogP contribution in [0.5, 0.6) is 5.75 Å². The van der Waals surface area contributed by atoms with Gasteiger partial charge in [-0.1, -0.05) is 25.1 Å². The van der Waals surface area contributed by atoms with E-state index >= 15 is 0 Å². The molecule has 1 aromatic heterocycles. The van der Waals surface area contributed by atoms with Gasteiger partial charge in [-0.2, -0.15) is 0 Å². The Balaban J connectivity index is 1.89. The minimum atomic E-state index is -0.616. The van der Waals surface area contributed by atoms with Gasteiger partial charge in [0, 0.05) is 11.1 Å². The standard InChI is InChI=1S/C22H20FNO4/c1-4-17-13(2)21(15-7-5-6-8-18(15)24-17)22(26)28-12-19(25)16-11-14(23)9-10-20(16)27-3/h5-11H,4,12H2,1-3H3. The van der Waals surface area contributed by atoms with Crippen molar-refractivity contribution in [3.63, 3.8) is 0 Å². The van der Waals surface area contributed by atoms with Crippen LogP contribution in [0, 0.1) is 12.7 Å². The van der Waals surface area contributed by atoms with Gasteiger partial charge in [-0.05, 0) is 43.2 Å². The zero-order chi connectivity index (χ0) is 20.3. The lowest BCUT2D eigenvalue weighted by atomic mass is 10.0. The Kier molecular flexibility index (Phi) is 5.68. The number of rotatable bonds is 6. The van der Waals surface area contributed by atoms with Crippen molar-refractivity contribution in [3.05, 3.63) is 70.7 Å². The average molecular weight is 381 g/mol. The van der Waals surface area contributed by atoms with Gasteiger partial charge in [-0.15, -0.1) is 0 Å². The number of Topliss-reactive ketones (excluding diaryl/α,β-unsaturated/α-hetero) is 1. The van der Waals surface area contributed by atoms with E-state index in [4.69, 9.17) is 9.47 Å². The molecule has 0 spiro atoms. The van der Waals surface area contributed by atoms with Crippen LogP contribution in [-0.2, 0) is 11.2 Å². The van der Waals surface area contributed by atoms with Crippen LogP contribution in [0.15, 0.2) is 42.5 Å². The molecule has 0 saturated heterocycles. The Labute approximate surface area is 162 Å². The highest BCUT2D eigenvalue weighted by Crippen LogP contribution is 2.25. The van der Waals surface area contributed by atoms with Crippen LogP contribution in [0.4, 0.5) is 4.39 Å². The largest absolute Gasteiger partial charge is 0.496 e. The smallest absolute Gasteiger partial charge is 0.339 e. The van der Waals surface area contributed by atoms with Gasteiger partial charge < -0.3 is 9.47 Å². The van der Waals surface area contributed by atoms with Crippen LogP contribution in [0.25, 0.3) is 10.9 Å². The molecular weight excluding hydrogens is 361 g/mol. The molecule has 0 radical (unpaired) electrons. The number of nitrogens with zero attached hydrogens (tertiary/aromatic N) is 1. The first-order valence-electron chi connectivity index (χ1n) is 8.88. The van der Waals surface area contributed by atoms with Crippen LogP contribution < -0.4 is 4.74 Å². The van der Waals surface area contributed by atoms with Crippen LogP contribution in [0.3, 0.4) is 0 Å². The van der Waals surface area contributed by atoms with E-state index in [0.717, 1.165) is 17.3 Å². The van der Waals surface area contributed by atoms with Gasteiger partial charge in [0.25, 0.3) is 0 Å². The molecule has 3 aromatic rings. The summed E-state index contributed by atoms with van der Waals surface area (Å²) in [6.45, 7) is 3.25. The number of fused-ring (bicyclic) bond motifs is 1. The maximum atomic E-state index is 13.5. The predicted octanol–water partition coefficient (Wildman–Crippen LogP) is 4.29. The van der Waals surface area contributed by atoms with E-state index in [1.54, 1.807) is 6.07 Å². The average Bonchev–Trinajstić information content (AvgIpc) is 2.71. The summed E-state index contributed by atoms with van der Waals surface area (Å²) in [7, 11) is 1.38. The van der Waals surface area contributed by atoms with E-state index in [-0.39, 0.29) is 11.3 Å². The second-order valence-electron chi connectivity index (χ2n) is 6.27. The van der Waals surface area contributed by atoms with Crippen molar-refractivity contribution in [1.29, 1.82) is 0 Å². The Morgan fingerprint density at radius 1 is 1.14 bits per heavy atom. The number of carbonyl (C=O) groups excluding carboxylic acids is 2. The molecule has 0 saturated carbocycles. The third-order valence-corrected chi connectivity index (χ3v) is 4.57. The molecule has 5 nitrogen and oxygen atoms in total. The summed E-state index contributed by atoms with van der Waals surface area (Å²) in [5.74, 6) is -1.51. The number of halogens is 1.